The molecule has 3 aromatic rings. The van der Waals surface area contributed by atoms with E-state index in [1.807, 2.05) is 43.1 Å². The van der Waals surface area contributed by atoms with Crippen LogP contribution in [0.15, 0.2) is 48.8 Å². The highest BCUT2D eigenvalue weighted by atomic mass is 16.5. The second-order valence-electron chi connectivity index (χ2n) is 7.01. The maximum atomic E-state index is 13.0. The van der Waals surface area contributed by atoms with Crippen LogP contribution >= 0.6 is 0 Å². The smallest absolute Gasteiger partial charge is 0.254 e. The summed E-state index contributed by atoms with van der Waals surface area (Å²) in [6, 6.07) is 11.0. The number of piperazine rings is 1. The fourth-order valence-corrected chi connectivity index (χ4v) is 3.52. The molecule has 1 amide bonds. The molecular formula is C22H26N6O3. The molecule has 0 spiro atoms. The third kappa shape index (κ3) is 4.60. The summed E-state index contributed by atoms with van der Waals surface area (Å²) in [5.74, 6) is 2.71. The number of hydrogen-bond donors (Lipinski definition) is 0. The fraction of sp³-hybridized carbons (Fsp3) is 0.364. The van der Waals surface area contributed by atoms with Crippen molar-refractivity contribution >= 4 is 11.7 Å². The van der Waals surface area contributed by atoms with Crippen molar-refractivity contribution in [2.45, 2.75) is 13.8 Å². The molecule has 0 unspecified atom stereocenters. The Morgan fingerprint density at radius 2 is 1.65 bits per heavy atom. The van der Waals surface area contributed by atoms with Crippen molar-refractivity contribution < 1.29 is 14.3 Å². The molecule has 0 N–H and O–H groups in total. The summed E-state index contributed by atoms with van der Waals surface area (Å²) in [5.41, 5.74) is 0.601. The monoisotopic (exact) mass is 422 g/mol. The van der Waals surface area contributed by atoms with Crippen molar-refractivity contribution in [2.75, 3.05) is 44.3 Å². The van der Waals surface area contributed by atoms with Crippen LogP contribution in [-0.4, -0.2) is 70.2 Å². The Morgan fingerprint density at radius 3 is 2.29 bits per heavy atom. The Morgan fingerprint density at radius 1 is 0.935 bits per heavy atom. The lowest BCUT2D eigenvalue weighted by Crippen LogP contribution is -2.49. The number of rotatable bonds is 7. The minimum Gasteiger partial charge on any atom is -0.490 e. The molecule has 0 atom stereocenters. The average Bonchev–Trinajstić information content (AvgIpc) is 3.35. The van der Waals surface area contributed by atoms with E-state index in [4.69, 9.17) is 9.47 Å². The van der Waals surface area contributed by atoms with Gasteiger partial charge in [0.2, 0.25) is 0 Å². The lowest BCUT2D eigenvalue weighted by atomic mass is 10.1. The van der Waals surface area contributed by atoms with E-state index in [2.05, 4.69) is 20.2 Å². The van der Waals surface area contributed by atoms with Gasteiger partial charge in [-0.3, -0.25) is 4.79 Å². The van der Waals surface area contributed by atoms with E-state index in [0.29, 0.717) is 62.3 Å². The first-order chi connectivity index (χ1) is 15.2. The Labute approximate surface area is 181 Å². The van der Waals surface area contributed by atoms with Crippen LogP contribution in [0, 0.1) is 0 Å². The van der Waals surface area contributed by atoms with Gasteiger partial charge in [-0.2, -0.15) is 5.10 Å². The van der Waals surface area contributed by atoms with Crippen LogP contribution in [0.5, 0.6) is 11.5 Å². The number of hydrogen-bond acceptors (Lipinski definition) is 7. The second kappa shape index (κ2) is 9.46. The Balaban J connectivity index is 1.39. The van der Waals surface area contributed by atoms with E-state index in [1.165, 1.54) is 0 Å². The van der Waals surface area contributed by atoms with E-state index < -0.39 is 0 Å². The normalized spacial score (nSPS) is 13.9. The predicted octanol–water partition coefficient (Wildman–Crippen LogP) is 2.42. The van der Waals surface area contributed by atoms with Gasteiger partial charge in [-0.05, 0) is 50.2 Å². The first kappa shape index (κ1) is 20.6. The summed E-state index contributed by atoms with van der Waals surface area (Å²) < 4.78 is 12.9. The standard InChI is InChI=1S/C22H26N6O3/c1-3-30-18-7-6-17(16-19(18)31-4-2)22(29)27-14-12-26(13-15-27)20-8-9-21(25-24-20)28-11-5-10-23-28/h5-11,16H,3-4,12-15H2,1-2H3. The predicted molar refractivity (Wildman–Crippen MR) is 116 cm³/mol. The van der Waals surface area contributed by atoms with Gasteiger partial charge in [0.05, 0.1) is 13.2 Å². The summed E-state index contributed by atoms with van der Waals surface area (Å²) in [6.07, 6.45) is 3.53. The number of ether oxygens (including phenoxy) is 2. The first-order valence-corrected chi connectivity index (χ1v) is 10.5. The number of carbonyl (C=O) groups is 1. The maximum absolute atomic E-state index is 13.0. The second-order valence-corrected chi connectivity index (χ2v) is 7.01. The molecule has 4 rings (SSSR count). The van der Waals surface area contributed by atoms with Gasteiger partial charge in [0, 0.05) is 44.1 Å². The minimum atomic E-state index is -0.0104. The first-order valence-electron chi connectivity index (χ1n) is 10.5. The molecule has 9 nitrogen and oxygen atoms in total. The zero-order valence-electron chi connectivity index (χ0n) is 17.8. The molecule has 2 aromatic heterocycles. The Bertz CT molecular complexity index is 999. The van der Waals surface area contributed by atoms with Gasteiger partial charge in [-0.25, -0.2) is 4.68 Å². The third-order valence-electron chi connectivity index (χ3n) is 5.06. The lowest BCUT2D eigenvalue weighted by Gasteiger charge is -2.35. The largest absolute Gasteiger partial charge is 0.490 e. The summed E-state index contributed by atoms with van der Waals surface area (Å²) >= 11 is 0. The Hall–Kier alpha value is -3.62. The molecule has 162 valence electrons. The van der Waals surface area contributed by atoms with Crippen LogP contribution in [0.3, 0.4) is 0 Å². The number of nitrogens with zero attached hydrogens (tertiary/aromatic N) is 6. The number of amides is 1. The molecule has 0 radical (unpaired) electrons. The number of benzene rings is 1. The molecular weight excluding hydrogens is 396 g/mol. The average molecular weight is 422 g/mol. The van der Waals surface area contributed by atoms with Crippen LogP contribution in [0.4, 0.5) is 5.82 Å². The molecule has 0 aliphatic carbocycles. The molecule has 9 heteroatoms. The van der Waals surface area contributed by atoms with Gasteiger partial charge in [-0.15, -0.1) is 10.2 Å². The van der Waals surface area contributed by atoms with Gasteiger partial charge >= 0.3 is 0 Å². The van der Waals surface area contributed by atoms with E-state index in [0.717, 1.165) is 5.82 Å². The highest BCUT2D eigenvalue weighted by Crippen LogP contribution is 2.29. The van der Waals surface area contributed by atoms with Crippen molar-refractivity contribution in [3.8, 4) is 17.3 Å². The molecule has 1 aromatic carbocycles. The van der Waals surface area contributed by atoms with Crippen molar-refractivity contribution in [1.82, 2.24) is 24.9 Å². The summed E-state index contributed by atoms with van der Waals surface area (Å²) in [7, 11) is 0. The van der Waals surface area contributed by atoms with Crippen LogP contribution in [0.25, 0.3) is 5.82 Å². The molecule has 1 aliphatic rings. The van der Waals surface area contributed by atoms with E-state index in [-0.39, 0.29) is 5.91 Å². The Kier molecular flexibility index (Phi) is 6.30. The molecule has 0 bridgehead atoms. The topological polar surface area (TPSA) is 85.6 Å². The quantitative estimate of drug-likeness (QED) is 0.578. The van der Waals surface area contributed by atoms with E-state index in [1.54, 1.807) is 29.1 Å². The molecule has 3 heterocycles. The van der Waals surface area contributed by atoms with Crippen molar-refractivity contribution in [2.24, 2.45) is 0 Å². The molecule has 1 saturated heterocycles. The van der Waals surface area contributed by atoms with Crippen molar-refractivity contribution in [3.63, 3.8) is 0 Å². The number of anilines is 1. The fourth-order valence-electron chi connectivity index (χ4n) is 3.52. The van der Waals surface area contributed by atoms with Crippen LogP contribution in [0.2, 0.25) is 0 Å². The zero-order chi connectivity index (χ0) is 21.6. The molecule has 1 fully saturated rings. The SMILES string of the molecule is CCOc1ccc(C(=O)N2CCN(c3ccc(-n4cccn4)nn3)CC2)cc1OCC. The van der Waals surface area contributed by atoms with Crippen LogP contribution in [0.1, 0.15) is 24.2 Å². The van der Waals surface area contributed by atoms with Gasteiger partial charge in [0.25, 0.3) is 5.91 Å². The minimum absolute atomic E-state index is 0.0104. The number of aromatic nitrogens is 4. The van der Waals surface area contributed by atoms with Gasteiger partial charge in [-0.1, -0.05) is 0 Å². The summed E-state index contributed by atoms with van der Waals surface area (Å²) in [4.78, 5) is 17.0. The molecule has 31 heavy (non-hydrogen) atoms. The van der Waals surface area contributed by atoms with Gasteiger partial charge in [0.15, 0.2) is 23.1 Å². The highest BCUT2D eigenvalue weighted by molar-refractivity contribution is 5.95. The maximum Gasteiger partial charge on any atom is 0.254 e. The van der Waals surface area contributed by atoms with E-state index in [9.17, 15) is 4.79 Å². The van der Waals surface area contributed by atoms with Crippen molar-refractivity contribution in [3.05, 3.63) is 54.4 Å². The summed E-state index contributed by atoms with van der Waals surface area (Å²) in [5, 5.41) is 12.7. The third-order valence-corrected chi connectivity index (χ3v) is 5.06. The van der Waals surface area contributed by atoms with Gasteiger partial charge in [0.1, 0.15) is 0 Å². The van der Waals surface area contributed by atoms with Crippen LogP contribution < -0.4 is 14.4 Å². The number of carbonyl (C=O) groups excluding carboxylic acids is 1. The van der Waals surface area contributed by atoms with Crippen LogP contribution in [-0.2, 0) is 0 Å². The van der Waals surface area contributed by atoms with Gasteiger partial charge < -0.3 is 19.3 Å². The van der Waals surface area contributed by atoms with Crippen molar-refractivity contribution in [1.29, 1.82) is 0 Å². The lowest BCUT2D eigenvalue weighted by molar-refractivity contribution is 0.0746. The zero-order valence-corrected chi connectivity index (χ0v) is 17.8. The molecule has 1 aliphatic heterocycles. The highest BCUT2D eigenvalue weighted by Gasteiger charge is 2.24. The van der Waals surface area contributed by atoms with E-state index >= 15 is 0 Å². The molecule has 0 saturated carbocycles. The summed E-state index contributed by atoms with van der Waals surface area (Å²) in [6.45, 7) is 7.49.